The predicted octanol–water partition coefficient (Wildman–Crippen LogP) is 4.16. The first-order chi connectivity index (χ1) is 7.87. The molecule has 2 nitrogen and oxygen atoms in total. The molecule has 0 amide bonds. The number of carbonyl (C=O) groups excluding carboxylic acids is 1. The van der Waals surface area contributed by atoms with Gasteiger partial charge in [-0.15, -0.1) is 0 Å². The number of ether oxygens (including phenoxy) is 1. The summed E-state index contributed by atoms with van der Waals surface area (Å²) in [7, 11) is 0. The quantitative estimate of drug-likeness (QED) is 0.531. The zero-order chi connectivity index (χ0) is 12.9. The maximum atomic E-state index is 11.7. The average Bonchev–Trinajstić information content (AvgIpc) is 2.10. The third-order valence-corrected chi connectivity index (χ3v) is 2.72. The first kappa shape index (κ1) is 14.0. The van der Waals surface area contributed by atoms with Gasteiger partial charge in [0.1, 0.15) is 5.60 Å². The van der Waals surface area contributed by atoms with Crippen LogP contribution in [0, 0.1) is 0 Å². The van der Waals surface area contributed by atoms with Crippen molar-refractivity contribution in [3.8, 4) is 0 Å². The molecule has 0 aromatic rings. The van der Waals surface area contributed by atoms with Gasteiger partial charge < -0.3 is 4.74 Å². The van der Waals surface area contributed by atoms with Crippen molar-refractivity contribution in [2.45, 2.75) is 65.4 Å². The Hall–Kier alpha value is -1.05. The second-order valence-electron chi connectivity index (χ2n) is 5.75. The van der Waals surface area contributed by atoms with Crippen LogP contribution in [-0.2, 0) is 9.53 Å². The van der Waals surface area contributed by atoms with Gasteiger partial charge in [0, 0.05) is 0 Å². The van der Waals surface area contributed by atoms with Gasteiger partial charge in [0.25, 0.3) is 0 Å². The van der Waals surface area contributed by atoms with Gasteiger partial charge in [-0.2, -0.15) is 0 Å². The number of rotatable bonds is 2. The lowest BCUT2D eigenvalue weighted by Gasteiger charge is -2.20. The Morgan fingerprint density at radius 1 is 1.24 bits per heavy atom. The fraction of sp³-hybridized carbons (Fsp3) is 0.667. The van der Waals surface area contributed by atoms with Gasteiger partial charge >= 0.3 is 5.97 Å². The van der Waals surface area contributed by atoms with Crippen LogP contribution in [0.25, 0.3) is 0 Å². The third-order valence-electron chi connectivity index (χ3n) is 2.72. The highest BCUT2D eigenvalue weighted by Crippen LogP contribution is 2.20. The summed E-state index contributed by atoms with van der Waals surface area (Å²) >= 11 is 0. The molecule has 1 aliphatic rings. The molecule has 0 saturated heterocycles. The first-order valence-corrected chi connectivity index (χ1v) is 6.42. The van der Waals surface area contributed by atoms with E-state index in [1.807, 2.05) is 20.8 Å². The molecule has 0 unspecified atom stereocenters. The smallest absolute Gasteiger partial charge is 0.310 e. The number of carbonyl (C=O) groups is 1. The largest absolute Gasteiger partial charge is 0.460 e. The van der Waals surface area contributed by atoms with Crippen molar-refractivity contribution in [2.75, 3.05) is 0 Å². The minimum absolute atomic E-state index is 0.106. The molecule has 0 N–H and O–H groups in total. The number of hydrogen-bond acceptors (Lipinski definition) is 2. The van der Waals surface area contributed by atoms with Crippen LogP contribution in [0.1, 0.15) is 59.8 Å². The second-order valence-corrected chi connectivity index (χ2v) is 5.75. The SMILES string of the molecule is CC1=CCCC(CC(=O)OC(C)(C)C)=CCC1. The highest BCUT2D eigenvalue weighted by molar-refractivity contribution is 5.72. The Bertz CT molecular complexity index is 329. The Morgan fingerprint density at radius 2 is 1.88 bits per heavy atom. The highest BCUT2D eigenvalue weighted by Gasteiger charge is 2.17. The van der Waals surface area contributed by atoms with E-state index in [-0.39, 0.29) is 11.6 Å². The minimum atomic E-state index is -0.379. The Balaban J connectivity index is 2.46. The molecule has 96 valence electrons. The van der Waals surface area contributed by atoms with Crippen LogP contribution in [0.2, 0.25) is 0 Å². The number of allylic oxidation sites excluding steroid dienone is 3. The van der Waals surface area contributed by atoms with Crippen molar-refractivity contribution >= 4 is 5.97 Å². The number of hydrogen-bond donors (Lipinski definition) is 0. The van der Waals surface area contributed by atoms with Gasteiger partial charge in [0.05, 0.1) is 6.42 Å². The first-order valence-electron chi connectivity index (χ1n) is 6.42. The fourth-order valence-corrected chi connectivity index (χ4v) is 1.94. The summed E-state index contributed by atoms with van der Waals surface area (Å²) in [5, 5.41) is 0. The van der Waals surface area contributed by atoms with Gasteiger partial charge in [-0.05, 0) is 53.4 Å². The second kappa shape index (κ2) is 6.04. The zero-order valence-electron chi connectivity index (χ0n) is 11.5. The monoisotopic (exact) mass is 236 g/mol. The Labute approximate surface area is 105 Å². The standard InChI is InChI=1S/C15H24O2/c1-12-7-5-9-13(10-6-8-12)11-14(16)17-15(2,3)4/h7,10H,5-6,8-9,11H2,1-4H3. The van der Waals surface area contributed by atoms with E-state index >= 15 is 0 Å². The van der Waals surface area contributed by atoms with E-state index in [0.717, 1.165) is 25.7 Å². The molecule has 0 atom stereocenters. The van der Waals surface area contributed by atoms with Crippen LogP contribution in [0.4, 0.5) is 0 Å². The lowest BCUT2D eigenvalue weighted by molar-refractivity contribution is -0.153. The molecule has 1 aliphatic carbocycles. The minimum Gasteiger partial charge on any atom is -0.460 e. The molecule has 2 heteroatoms. The van der Waals surface area contributed by atoms with E-state index in [1.54, 1.807) is 0 Å². The van der Waals surface area contributed by atoms with E-state index in [9.17, 15) is 4.79 Å². The van der Waals surface area contributed by atoms with Crippen molar-refractivity contribution in [2.24, 2.45) is 0 Å². The third kappa shape index (κ3) is 6.30. The molecule has 0 radical (unpaired) electrons. The van der Waals surface area contributed by atoms with Gasteiger partial charge in [0.2, 0.25) is 0 Å². The van der Waals surface area contributed by atoms with E-state index in [0.29, 0.717) is 6.42 Å². The van der Waals surface area contributed by atoms with Crippen molar-refractivity contribution in [1.82, 2.24) is 0 Å². The molecule has 0 aliphatic heterocycles. The summed E-state index contributed by atoms with van der Waals surface area (Å²) in [6.45, 7) is 7.89. The zero-order valence-corrected chi connectivity index (χ0v) is 11.5. The van der Waals surface area contributed by atoms with Gasteiger partial charge in [-0.3, -0.25) is 4.79 Å². The van der Waals surface area contributed by atoms with Crippen LogP contribution in [0.15, 0.2) is 23.3 Å². The normalized spacial score (nSPS) is 17.6. The van der Waals surface area contributed by atoms with Crippen LogP contribution in [0.5, 0.6) is 0 Å². The molecule has 0 spiro atoms. The molecule has 0 saturated carbocycles. The van der Waals surface area contributed by atoms with Gasteiger partial charge in [-0.1, -0.05) is 23.3 Å². The Morgan fingerprint density at radius 3 is 2.53 bits per heavy atom. The van der Waals surface area contributed by atoms with Crippen molar-refractivity contribution in [1.29, 1.82) is 0 Å². The summed E-state index contributed by atoms with van der Waals surface area (Å²) in [4.78, 5) is 11.7. The molecule has 0 bridgehead atoms. The molecule has 17 heavy (non-hydrogen) atoms. The Kier molecular flexibility index (Phi) is 4.98. The molecular formula is C15H24O2. The summed E-state index contributed by atoms with van der Waals surface area (Å²) in [5.74, 6) is -0.106. The lowest BCUT2D eigenvalue weighted by atomic mass is 9.98. The van der Waals surface area contributed by atoms with Gasteiger partial charge in [-0.25, -0.2) is 0 Å². The maximum absolute atomic E-state index is 11.7. The fourth-order valence-electron chi connectivity index (χ4n) is 1.94. The summed E-state index contributed by atoms with van der Waals surface area (Å²) < 4.78 is 5.34. The van der Waals surface area contributed by atoms with Crippen LogP contribution >= 0.6 is 0 Å². The van der Waals surface area contributed by atoms with Gasteiger partial charge in [0.15, 0.2) is 0 Å². The average molecular weight is 236 g/mol. The van der Waals surface area contributed by atoms with Crippen molar-refractivity contribution in [3.05, 3.63) is 23.3 Å². The summed E-state index contributed by atoms with van der Waals surface area (Å²) in [5.41, 5.74) is 2.30. The summed E-state index contributed by atoms with van der Waals surface area (Å²) in [6, 6.07) is 0. The molecular weight excluding hydrogens is 212 g/mol. The molecule has 0 aromatic heterocycles. The predicted molar refractivity (Wildman–Crippen MR) is 70.8 cm³/mol. The van der Waals surface area contributed by atoms with Crippen LogP contribution < -0.4 is 0 Å². The molecule has 0 heterocycles. The molecule has 0 aromatic carbocycles. The molecule has 0 fully saturated rings. The highest BCUT2D eigenvalue weighted by atomic mass is 16.6. The van der Waals surface area contributed by atoms with Crippen molar-refractivity contribution in [3.63, 3.8) is 0 Å². The van der Waals surface area contributed by atoms with Crippen LogP contribution in [-0.4, -0.2) is 11.6 Å². The number of esters is 1. The lowest BCUT2D eigenvalue weighted by Crippen LogP contribution is -2.24. The van der Waals surface area contributed by atoms with Crippen molar-refractivity contribution < 1.29 is 9.53 Å². The van der Waals surface area contributed by atoms with E-state index < -0.39 is 0 Å². The van der Waals surface area contributed by atoms with E-state index in [1.165, 1.54) is 11.1 Å². The van der Waals surface area contributed by atoms with Crippen LogP contribution in [0.3, 0.4) is 0 Å². The topological polar surface area (TPSA) is 26.3 Å². The van der Waals surface area contributed by atoms with E-state index in [2.05, 4.69) is 19.1 Å². The summed E-state index contributed by atoms with van der Waals surface area (Å²) in [6.07, 6.45) is 9.11. The maximum Gasteiger partial charge on any atom is 0.310 e. The molecule has 1 rings (SSSR count). The van der Waals surface area contributed by atoms with E-state index in [4.69, 9.17) is 4.74 Å².